The number of carbonyl (C=O) groups is 1. The fourth-order valence-electron chi connectivity index (χ4n) is 3.42. The van der Waals surface area contributed by atoms with Crippen LogP contribution in [0.4, 0.5) is 0 Å². The lowest BCUT2D eigenvalue weighted by atomic mass is 10.2. The van der Waals surface area contributed by atoms with E-state index in [4.69, 9.17) is 0 Å². The molecule has 1 amide bonds. The Labute approximate surface area is 130 Å². The number of nitrogens with one attached hydrogen (secondary N) is 2. The van der Waals surface area contributed by atoms with Gasteiger partial charge >= 0.3 is 0 Å². The summed E-state index contributed by atoms with van der Waals surface area (Å²) in [6, 6.07) is 3.20. The zero-order valence-electron chi connectivity index (χ0n) is 12.4. The molecule has 3 saturated carbocycles. The molecule has 1 aromatic heterocycles. The molecular formula is C17H24N2OS. The zero-order valence-corrected chi connectivity index (χ0v) is 13.3. The minimum absolute atomic E-state index is 0.140. The van der Waals surface area contributed by atoms with E-state index in [0.717, 1.165) is 23.6 Å². The van der Waals surface area contributed by atoms with Crippen LogP contribution in [0.3, 0.4) is 0 Å². The van der Waals surface area contributed by atoms with Gasteiger partial charge < -0.3 is 10.6 Å². The highest BCUT2D eigenvalue weighted by atomic mass is 32.1. The number of amides is 1. The van der Waals surface area contributed by atoms with E-state index in [9.17, 15) is 4.79 Å². The molecule has 3 fully saturated rings. The summed E-state index contributed by atoms with van der Waals surface area (Å²) in [7, 11) is 0. The lowest BCUT2D eigenvalue weighted by Crippen LogP contribution is -2.31. The fraction of sp³-hybridized carbons (Fsp3) is 0.706. The Morgan fingerprint density at radius 2 is 2.05 bits per heavy atom. The summed E-state index contributed by atoms with van der Waals surface area (Å²) >= 11 is 1.61. The van der Waals surface area contributed by atoms with Crippen molar-refractivity contribution in [3.05, 3.63) is 21.9 Å². The van der Waals surface area contributed by atoms with Gasteiger partial charge in [0.1, 0.15) is 0 Å². The smallest absolute Gasteiger partial charge is 0.261 e. The molecule has 114 valence electrons. The van der Waals surface area contributed by atoms with Crippen LogP contribution in [-0.2, 0) is 0 Å². The predicted octanol–water partition coefficient (Wildman–Crippen LogP) is 3.28. The van der Waals surface area contributed by atoms with Gasteiger partial charge in [0.05, 0.1) is 4.88 Å². The molecule has 3 nitrogen and oxygen atoms in total. The summed E-state index contributed by atoms with van der Waals surface area (Å²) < 4.78 is 0. The second-order valence-electron chi connectivity index (χ2n) is 7.00. The molecule has 4 heteroatoms. The normalized spacial score (nSPS) is 28.8. The van der Waals surface area contributed by atoms with Crippen LogP contribution in [0.1, 0.15) is 66.1 Å². The molecule has 0 aliphatic heterocycles. The lowest BCUT2D eigenvalue weighted by Gasteiger charge is -2.10. The maximum atomic E-state index is 12.2. The van der Waals surface area contributed by atoms with Crippen LogP contribution in [0.2, 0.25) is 0 Å². The fourth-order valence-corrected chi connectivity index (χ4v) is 4.30. The average Bonchev–Trinajstić information content (AvgIpc) is 3.35. The Balaban J connectivity index is 1.29. The van der Waals surface area contributed by atoms with Gasteiger partial charge in [-0.05, 0) is 61.6 Å². The summed E-state index contributed by atoms with van der Waals surface area (Å²) in [6.07, 6.45) is 8.89. The summed E-state index contributed by atoms with van der Waals surface area (Å²) in [6.45, 7) is 1.19. The van der Waals surface area contributed by atoms with E-state index in [1.165, 1.54) is 44.2 Å². The molecule has 2 atom stereocenters. The Kier molecular flexibility index (Phi) is 3.76. The summed E-state index contributed by atoms with van der Waals surface area (Å²) in [4.78, 5) is 13.1. The minimum atomic E-state index is 0.140. The monoisotopic (exact) mass is 304 g/mol. The number of rotatable bonds is 6. The van der Waals surface area contributed by atoms with E-state index in [1.807, 2.05) is 0 Å². The van der Waals surface area contributed by atoms with Crippen LogP contribution >= 0.6 is 11.3 Å². The van der Waals surface area contributed by atoms with Crippen molar-refractivity contribution in [1.82, 2.24) is 10.6 Å². The molecular weight excluding hydrogens is 280 g/mol. The summed E-state index contributed by atoms with van der Waals surface area (Å²) in [5, 5.41) is 9.04. The van der Waals surface area contributed by atoms with Gasteiger partial charge in [-0.2, -0.15) is 0 Å². The maximum absolute atomic E-state index is 12.2. The topological polar surface area (TPSA) is 41.1 Å². The van der Waals surface area contributed by atoms with Crippen molar-refractivity contribution in [2.75, 3.05) is 6.54 Å². The average molecular weight is 304 g/mol. The van der Waals surface area contributed by atoms with Crippen LogP contribution in [0.25, 0.3) is 0 Å². The van der Waals surface area contributed by atoms with E-state index in [2.05, 4.69) is 22.1 Å². The molecule has 1 aromatic rings. The molecule has 0 saturated heterocycles. The molecule has 3 aliphatic carbocycles. The van der Waals surface area contributed by atoms with Crippen LogP contribution in [0, 0.1) is 5.92 Å². The Morgan fingerprint density at radius 3 is 2.81 bits per heavy atom. The molecule has 0 radical (unpaired) electrons. The first-order chi connectivity index (χ1) is 10.3. The van der Waals surface area contributed by atoms with Gasteiger partial charge in [0.25, 0.3) is 5.91 Å². The third-order valence-corrected chi connectivity index (χ3v) is 6.07. The van der Waals surface area contributed by atoms with Gasteiger partial charge in [0, 0.05) is 18.0 Å². The van der Waals surface area contributed by atoms with Crippen molar-refractivity contribution in [1.29, 1.82) is 0 Å². The van der Waals surface area contributed by atoms with E-state index in [1.54, 1.807) is 11.3 Å². The minimum Gasteiger partial charge on any atom is -0.349 e. The van der Waals surface area contributed by atoms with E-state index >= 15 is 0 Å². The van der Waals surface area contributed by atoms with Crippen molar-refractivity contribution >= 4 is 17.2 Å². The first-order valence-electron chi connectivity index (χ1n) is 8.42. The number of thiophene rings is 1. The van der Waals surface area contributed by atoms with Crippen molar-refractivity contribution < 1.29 is 4.79 Å². The van der Waals surface area contributed by atoms with Crippen LogP contribution in [0.5, 0.6) is 0 Å². The van der Waals surface area contributed by atoms with E-state index in [-0.39, 0.29) is 5.91 Å². The predicted molar refractivity (Wildman–Crippen MR) is 85.9 cm³/mol. The van der Waals surface area contributed by atoms with Crippen LogP contribution in [-0.4, -0.2) is 24.5 Å². The number of hydrogen-bond donors (Lipinski definition) is 2. The zero-order chi connectivity index (χ0) is 14.2. The van der Waals surface area contributed by atoms with Crippen LogP contribution in [0.15, 0.2) is 11.4 Å². The summed E-state index contributed by atoms with van der Waals surface area (Å²) in [5.74, 6) is 1.73. The molecule has 1 heterocycles. The molecule has 0 bridgehead atoms. The Hall–Kier alpha value is -0.870. The molecule has 21 heavy (non-hydrogen) atoms. The van der Waals surface area contributed by atoms with E-state index < -0.39 is 0 Å². The quantitative estimate of drug-likeness (QED) is 0.847. The lowest BCUT2D eigenvalue weighted by molar-refractivity contribution is 0.0942. The second-order valence-corrected chi connectivity index (χ2v) is 7.91. The molecule has 4 rings (SSSR count). The van der Waals surface area contributed by atoms with Gasteiger partial charge in [-0.1, -0.05) is 12.8 Å². The third-order valence-electron chi connectivity index (χ3n) is 5.12. The first-order valence-corrected chi connectivity index (χ1v) is 9.30. The number of hydrogen-bond acceptors (Lipinski definition) is 3. The molecule has 0 spiro atoms. The first kappa shape index (κ1) is 13.8. The van der Waals surface area contributed by atoms with Gasteiger partial charge in [0.15, 0.2) is 0 Å². The maximum Gasteiger partial charge on any atom is 0.261 e. The molecule has 0 aromatic carbocycles. The third kappa shape index (κ3) is 3.32. The second kappa shape index (κ2) is 5.73. The van der Waals surface area contributed by atoms with Gasteiger partial charge in [-0.15, -0.1) is 11.3 Å². The largest absolute Gasteiger partial charge is 0.349 e. The molecule has 2 N–H and O–H groups in total. The van der Waals surface area contributed by atoms with Crippen molar-refractivity contribution in [2.24, 2.45) is 5.92 Å². The Bertz CT molecular complexity index is 517. The molecule has 2 unspecified atom stereocenters. The summed E-state index contributed by atoms with van der Waals surface area (Å²) in [5.41, 5.74) is 1.37. The van der Waals surface area contributed by atoms with E-state index in [0.29, 0.717) is 18.0 Å². The standard InChI is InChI=1S/C17H24N2OS/c20-17(19-13-3-1-2-4-13)16-7-12(10-21-16)14-8-15(14)18-9-11-5-6-11/h7,10-11,13-15,18H,1-6,8-9H2,(H,19,20). The van der Waals surface area contributed by atoms with Gasteiger partial charge in [-0.3, -0.25) is 4.79 Å². The van der Waals surface area contributed by atoms with Crippen molar-refractivity contribution in [3.8, 4) is 0 Å². The highest BCUT2D eigenvalue weighted by Crippen LogP contribution is 2.43. The SMILES string of the molecule is O=C(NC1CCCC1)c1cc(C2CC2NCC2CC2)cs1. The van der Waals surface area contributed by atoms with Crippen molar-refractivity contribution in [3.63, 3.8) is 0 Å². The highest BCUT2D eigenvalue weighted by molar-refractivity contribution is 7.12. The number of carbonyl (C=O) groups excluding carboxylic acids is 1. The van der Waals surface area contributed by atoms with Gasteiger partial charge in [-0.25, -0.2) is 0 Å². The highest BCUT2D eigenvalue weighted by Gasteiger charge is 2.39. The van der Waals surface area contributed by atoms with Crippen molar-refractivity contribution in [2.45, 2.75) is 62.9 Å². The Morgan fingerprint density at radius 1 is 1.24 bits per heavy atom. The van der Waals surface area contributed by atoms with Crippen LogP contribution < -0.4 is 10.6 Å². The van der Waals surface area contributed by atoms with Gasteiger partial charge in [0.2, 0.25) is 0 Å². The molecule has 3 aliphatic rings.